The van der Waals surface area contributed by atoms with Gasteiger partial charge < -0.3 is 14.3 Å². The van der Waals surface area contributed by atoms with E-state index in [0.717, 1.165) is 18.5 Å². The first-order valence-corrected chi connectivity index (χ1v) is 8.85. The molecule has 8 nitrogen and oxygen atoms in total. The van der Waals surface area contributed by atoms with E-state index in [1.165, 1.54) is 0 Å². The molecule has 1 amide bonds. The van der Waals surface area contributed by atoms with Crippen LogP contribution in [-0.4, -0.2) is 26.2 Å². The van der Waals surface area contributed by atoms with E-state index >= 15 is 0 Å². The fourth-order valence-corrected chi connectivity index (χ4v) is 2.87. The van der Waals surface area contributed by atoms with Crippen LogP contribution in [0.5, 0.6) is 0 Å². The monoisotopic (exact) mass is 355 g/mol. The van der Waals surface area contributed by atoms with Gasteiger partial charge in [-0.2, -0.15) is 0 Å². The number of hydrogen-bond acceptors (Lipinski definition) is 7. The maximum absolute atomic E-state index is 12.9. The Morgan fingerprint density at radius 1 is 1.23 bits per heavy atom. The second kappa shape index (κ2) is 6.19. The highest BCUT2D eigenvalue weighted by Gasteiger charge is 2.29. The van der Waals surface area contributed by atoms with Crippen LogP contribution >= 0.6 is 0 Å². The van der Waals surface area contributed by atoms with Crippen LogP contribution in [0.1, 0.15) is 85.0 Å². The summed E-state index contributed by atoms with van der Waals surface area (Å²) in [5.74, 6) is 1.25. The minimum atomic E-state index is -0.407. The third-order valence-corrected chi connectivity index (χ3v) is 4.55. The van der Waals surface area contributed by atoms with Gasteiger partial charge in [0.25, 0.3) is 11.6 Å². The van der Waals surface area contributed by atoms with Crippen molar-refractivity contribution in [2.75, 3.05) is 0 Å². The van der Waals surface area contributed by atoms with Gasteiger partial charge >= 0.3 is 0 Å². The number of carbonyl (C=O) groups excluding carboxylic acids is 1. The van der Waals surface area contributed by atoms with Crippen LogP contribution < -0.4 is 5.32 Å². The van der Waals surface area contributed by atoms with E-state index in [2.05, 4.69) is 25.7 Å². The molecule has 1 N–H and O–H groups in total. The highest BCUT2D eigenvalue weighted by atomic mass is 16.5. The van der Waals surface area contributed by atoms with Crippen LogP contribution in [-0.2, 0) is 0 Å². The number of carbonyl (C=O) groups is 1. The van der Waals surface area contributed by atoms with Crippen LogP contribution in [0.4, 0.5) is 0 Å². The van der Waals surface area contributed by atoms with Crippen molar-refractivity contribution in [1.29, 1.82) is 0 Å². The predicted octanol–water partition coefficient (Wildman–Crippen LogP) is 3.41. The van der Waals surface area contributed by atoms with E-state index in [0.29, 0.717) is 40.1 Å². The quantitative estimate of drug-likeness (QED) is 0.747. The summed E-state index contributed by atoms with van der Waals surface area (Å²) < 4.78 is 10.9. The van der Waals surface area contributed by atoms with E-state index in [1.807, 2.05) is 26.8 Å². The van der Waals surface area contributed by atoms with Gasteiger partial charge in [0, 0.05) is 17.5 Å². The Hall–Kier alpha value is -2.77. The van der Waals surface area contributed by atoms with Crippen LogP contribution in [0.2, 0.25) is 0 Å². The maximum Gasteiger partial charge on any atom is 0.259 e. The summed E-state index contributed by atoms with van der Waals surface area (Å²) in [4.78, 5) is 17.4. The summed E-state index contributed by atoms with van der Waals surface area (Å²) in [7, 11) is 0. The molecule has 0 spiro atoms. The topological polar surface area (TPSA) is 107 Å². The normalized spacial score (nSPS) is 15.6. The van der Waals surface area contributed by atoms with E-state index in [4.69, 9.17) is 8.94 Å². The Labute approximate surface area is 150 Å². The SMILES string of the molecule is Cc1noc2nc(C3CC3)cc(C(=O)N[C@H](C)c3nnc(C(C)C)o3)c12. The largest absolute Gasteiger partial charge is 0.423 e. The third-order valence-electron chi connectivity index (χ3n) is 4.55. The third kappa shape index (κ3) is 2.95. The fourth-order valence-electron chi connectivity index (χ4n) is 2.87. The molecule has 1 atom stereocenters. The lowest BCUT2D eigenvalue weighted by Gasteiger charge is -2.11. The lowest BCUT2D eigenvalue weighted by atomic mass is 10.1. The first-order valence-electron chi connectivity index (χ1n) is 8.85. The zero-order valence-corrected chi connectivity index (χ0v) is 15.2. The molecule has 1 aliphatic carbocycles. The summed E-state index contributed by atoms with van der Waals surface area (Å²) in [6.45, 7) is 7.57. The summed E-state index contributed by atoms with van der Waals surface area (Å²) in [6.07, 6.45) is 2.17. The van der Waals surface area contributed by atoms with Gasteiger partial charge in [-0.3, -0.25) is 4.79 Å². The van der Waals surface area contributed by atoms with Gasteiger partial charge in [-0.05, 0) is 32.8 Å². The minimum Gasteiger partial charge on any atom is -0.423 e. The summed E-state index contributed by atoms with van der Waals surface area (Å²) in [6, 6.07) is 1.44. The van der Waals surface area contributed by atoms with Gasteiger partial charge in [-0.25, -0.2) is 4.98 Å². The van der Waals surface area contributed by atoms with Crippen molar-refractivity contribution in [3.05, 3.63) is 34.8 Å². The molecular weight excluding hydrogens is 334 g/mol. The van der Waals surface area contributed by atoms with Crippen molar-refractivity contribution >= 4 is 17.0 Å². The van der Waals surface area contributed by atoms with Crippen molar-refractivity contribution in [2.45, 2.75) is 58.4 Å². The molecule has 136 valence electrons. The zero-order valence-electron chi connectivity index (χ0n) is 15.2. The Morgan fingerprint density at radius 3 is 2.62 bits per heavy atom. The number of nitrogens with one attached hydrogen (secondary N) is 1. The fraction of sp³-hybridized carbons (Fsp3) is 0.500. The number of fused-ring (bicyclic) bond motifs is 1. The molecule has 26 heavy (non-hydrogen) atoms. The van der Waals surface area contributed by atoms with Gasteiger partial charge in [0.1, 0.15) is 6.04 Å². The van der Waals surface area contributed by atoms with E-state index in [1.54, 1.807) is 6.92 Å². The minimum absolute atomic E-state index is 0.139. The zero-order chi connectivity index (χ0) is 18.4. The van der Waals surface area contributed by atoms with Gasteiger partial charge in [-0.1, -0.05) is 19.0 Å². The number of aryl methyl sites for hydroxylation is 1. The highest BCUT2D eigenvalue weighted by Crippen LogP contribution is 2.40. The van der Waals surface area contributed by atoms with Crippen molar-refractivity contribution in [3.63, 3.8) is 0 Å². The highest BCUT2D eigenvalue weighted by molar-refractivity contribution is 6.06. The Morgan fingerprint density at radius 2 is 1.96 bits per heavy atom. The van der Waals surface area contributed by atoms with Crippen molar-refractivity contribution < 1.29 is 13.7 Å². The molecule has 0 saturated heterocycles. The smallest absolute Gasteiger partial charge is 0.259 e. The summed E-state index contributed by atoms with van der Waals surface area (Å²) >= 11 is 0. The van der Waals surface area contributed by atoms with Crippen LogP contribution in [0, 0.1) is 6.92 Å². The summed E-state index contributed by atoms with van der Waals surface area (Å²) in [5, 5.41) is 15.6. The molecule has 3 aromatic heterocycles. The van der Waals surface area contributed by atoms with Crippen molar-refractivity contribution in [2.24, 2.45) is 0 Å². The molecule has 3 aromatic rings. The van der Waals surface area contributed by atoms with Gasteiger partial charge in [0.2, 0.25) is 11.8 Å². The van der Waals surface area contributed by atoms with Gasteiger partial charge in [0.15, 0.2) is 0 Å². The number of amides is 1. The second-order valence-electron chi connectivity index (χ2n) is 7.15. The first-order chi connectivity index (χ1) is 12.4. The van der Waals surface area contributed by atoms with Gasteiger partial charge in [-0.15, -0.1) is 10.2 Å². The van der Waals surface area contributed by atoms with Crippen molar-refractivity contribution in [1.82, 2.24) is 25.7 Å². The number of hydrogen-bond donors (Lipinski definition) is 1. The van der Waals surface area contributed by atoms with Crippen molar-refractivity contribution in [3.8, 4) is 0 Å². The molecule has 1 saturated carbocycles. The number of rotatable bonds is 5. The predicted molar refractivity (Wildman–Crippen MR) is 92.8 cm³/mol. The van der Waals surface area contributed by atoms with E-state index in [-0.39, 0.29) is 11.8 Å². The lowest BCUT2D eigenvalue weighted by Crippen LogP contribution is -2.27. The summed E-state index contributed by atoms with van der Waals surface area (Å²) in [5.41, 5.74) is 2.45. The molecular formula is C18H21N5O3. The van der Waals surface area contributed by atoms with Crippen LogP contribution in [0.25, 0.3) is 11.1 Å². The Kier molecular flexibility index (Phi) is 3.97. The van der Waals surface area contributed by atoms with Crippen LogP contribution in [0.15, 0.2) is 15.0 Å². The van der Waals surface area contributed by atoms with Crippen LogP contribution in [0.3, 0.4) is 0 Å². The lowest BCUT2D eigenvalue weighted by molar-refractivity contribution is 0.0935. The Bertz CT molecular complexity index is 971. The second-order valence-corrected chi connectivity index (χ2v) is 7.15. The molecule has 0 bridgehead atoms. The molecule has 1 aliphatic rings. The molecule has 3 heterocycles. The number of pyridine rings is 1. The molecule has 8 heteroatoms. The van der Waals surface area contributed by atoms with E-state index in [9.17, 15) is 4.79 Å². The average molecular weight is 355 g/mol. The standard InChI is InChI=1S/C18H21N5O3/c1-8(2)16-21-22-17(25-16)10(4)19-15(24)12-7-13(11-5-6-11)20-18-14(12)9(3)23-26-18/h7-8,10-11H,5-6H2,1-4H3,(H,19,24)/t10-/m1/s1. The van der Waals surface area contributed by atoms with Gasteiger partial charge in [0.05, 0.1) is 16.6 Å². The van der Waals surface area contributed by atoms with E-state index < -0.39 is 6.04 Å². The molecule has 0 unspecified atom stereocenters. The first kappa shape index (κ1) is 16.7. The molecule has 0 aromatic carbocycles. The Balaban J connectivity index is 1.63. The number of nitrogens with zero attached hydrogens (tertiary/aromatic N) is 4. The molecule has 1 fully saturated rings. The average Bonchev–Trinajstić information content (AvgIpc) is 3.21. The molecule has 4 rings (SSSR count). The molecule has 0 aliphatic heterocycles. The maximum atomic E-state index is 12.9. The molecule has 0 radical (unpaired) electrons. The number of aromatic nitrogens is 4.